The van der Waals surface area contributed by atoms with E-state index in [0.29, 0.717) is 30.1 Å². The molecule has 9 nitrogen and oxygen atoms in total. The summed E-state index contributed by atoms with van der Waals surface area (Å²) < 4.78 is 33.0. The van der Waals surface area contributed by atoms with Crippen LogP contribution in [0.2, 0.25) is 0 Å². The van der Waals surface area contributed by atoms with E-state index in [1.54, 1.807) is 33.1 Å². The summed E-state index contributed by atoms with van der Waals surface area (Å²) >= 11 is 0. The third kappa shape index (κ3) is 5.70. The topological polar surface area (TPSA) is 111 Å². The lowest BCUT2D eigenvalue weighted by Crippen LogP contribution is -2.31. The van der Waals surface area contributed by atoms with Gasteiger partial charge >= 0.3 is 0 Å². The predicted molar refractivity (Wildman–Crippen MR) is 129 cm³/mol. The van der Waals surface area contributed by atoms with E-state index in [-0.39, 0.29) is 29.5 Å². The minimum Gasteiger partial charge on any atom is -0.497 e. The van der Waals surface area contributed by atoms with Crippen molar-refractivity contribution in [2.45, 2.75) is 25.3 Å². The average molecular weight is 485 g/mol. The fourth-order valence-electron chi connectivity index (χ4n) is 3.40. The molecule has 10 heteroatoms. The van der Waals surface area contributed by atoms with Crippen LogP contribution in [0.3, 0.4) is 0 Å². The normalized spacial score (nSPS) is 11.4. The third-order valence-electron chi connectivity index (χ3n) is 5.36. The molecule has 1 aromatic heterocycles. The molecule has 0 radical (unpaired) electrons. The predicted octanol–water partition coefficient (Wildman–Crippen LogP) is 2.38. The van der Waals surface area contributed by atoms with Crippen LogP contribution in [-0.2, 0) is 16.6 Å². The second-order valence-electron chi connectivity index (χ2n) is 7.40. The maximum Gasteiger partial charge on any atom is 0.253 e. The Bertz CT molecular complexity index is 1280. The Balaban J connectivity index is 1.60. The second-order valence-corrected chi connectivity index (χ2v) is 9.34. The summed E-state index contributed by atoms with van der Waals surface area (Å²) in [5.41, 5.74) is 1.44. The monoisotopic (exact) mass is 484 g/mol. The molecule has 180 valence electrons. The van der Waals surface area contributed by atoms with E-state index < -0.39 is 10.0 Å². The molecule has 1 heterocycles. The highest BCUT2D eigenvalue weighted by Crippen LogP contribution is 2.19. The van der Waals surface area contributed by atoms with Gasteiger partial charge < -0.3 is 10.1 Å². The molecule has 0 bridgehead atoms. The molecule has 34 heavy (non-hydrogen) atoms. The van der Waals surface area contributed by atoms with Crippen LogP contribution in [0.15, 0.2) is 70.6 Å². The van der Waals surface area contributed by atoms with Gasteiger partial charge in [0.15, 0.2) is 0 Å². The van der Waals surface area contributed by atoms with E-state index in [2.05, 4.69) is 10.3 Å². The van der Waals surface area contributed by atoms with Crippen molar-refractivity contribution in [1.29, 1.82) is 0 Å². The molecule has 0 saturated heterocycles. The van der Waals surface area contributed by atoms with Gasteiger partial charge in [0, 0.05) is 43.4 Å². The number of carbonyl (C=O) groups excluding carboxylic acids is 1. The zero-order valence-electron chi connectivity index (χ0n) is 19.4. The smallest absolute Gasteiger partial charge is 0.253 e. The number of hydrogen-bond donors (Lipinski definition) is 1. The Labute approximate surface area is 199 Å². The highest BCUT2D eigenvalue weighted by Gasteiger charge is 2.21. The molecule has 0 atom stereocenters. The van der Waals surface area contributed by atoms with Crippen molar-refractivity contribution in [3.05, 3.63) is 76.8 Å². The van der Waals surface area contributed by atoms with Crippen LogP contribution in [0.25, 0.3) is 11.3 Å². The largest absolute Gasteiger partial charge is 0.497 e. The van der Waals surface area contributed by atoms with Gasteiger partial charge in [0.05, 0.1) is 24.0 Å². The Morgan fingerprint density at radius 1 is 1.06 bits per heavy atom. The number of nitrogens with one attached hydrogen (secondary N) is 1. The Kier molecular flexibility index (Phi) is 8.19. The standard InChI is InChI=1S/C24H28N4O5S/c1-4-28(5-2)34(31,32)21-12-8-19(9-13-21)24(30)25-14-15-27-17-26-22(16-23(27)29)18-6-10-20(33-3)11-7-18/h6-13,16-17H,4-5,14-15H2,1-3H3,(H,25,30). The van der Waals surface area contributed by atoms with Gasteiger partial charge in [0.25, 0.3) is 11.5 Å². The first-order valence-electron chi connectivity index (χ1n) is 10.9. The quantitative estimate of drug-likeness (QED) is 0.473. The van der Waals surface area contributed by atoms with E-state index in [4.69, 9.17) is 4.74 Å². The van der Waals surface area contributed by atoms with E-state index in [1.807, 2.05) is 12.1 Å². The molecular weight excluding hydrogens is 456 g/mol. The maximum absolute atomic E-state index is 12.6. The Hall–Kier alpha value is -3.50. The van der Waals surface area contributed by atoms with Crippen molar-refractivity contribution in [3.8, 4) is 17.0 Å². The van der Waals surface area contributed by atoms with Crippen molar-refractivity contribution in [3.63, 3.8) is 0 Å². The summed E-state index contributed by atoms with van der Waals surface area (Å²) in [6.07, 6.45) is 1.45. The first-order valence-corrected chi connectivity index (χ1v) is 12.3. The zero-order valence-corrected chi connectivity index (χ0v) is 20.2. The van der Waals surface area contributed by atoms with Gasteiger partial charge in [-0.2, -0.15) is 4.31 Å². The van der Waals surface area contributed by atoms with Gasteiger partial charge in [-0.3, -0.25) is 14.2 Å². The van der Waals surface area contributed by atoms with Crippen LogP contribution in [-0.4, -0.2) is 54.9 Å². The summed E-state index contributed by atoms with van der Waals surface area (Å²) in [5.74, 6) is 0.357. The van der Waals surface area contributed by atoms with Crippen LogP contribution in [0.1, 0.15) is 24.2 Å². The van der Waals surface area contributed by atoms with Gasteiger partial charge in [-0.1, -0.05) is 13.8 Å². The number of sulfonamides is 1. The van der Waals surface area contributed by atoms with E-state index in [0.717, 1.165) is 5.56 Å². The first-order chi connectivity index (χ1) is 16.3. The summed E-state index contributed by atoms with van der Waals surface area (Å²) in [6, 6.07) is 14.5. The SMILES string of the molecule is CCN(CC)S(=O)(=O)c1ccc(C(=O)NCCn2cnc(-c3ccc(OC)cc3)cc2=O)cc1. The fourth-order valence-corrected chi connectivity index (χ4v) is 4.85. The molecule has 3 rings (SSSR count). The molecule has 0 aliphatic carbocycles. The van der Waals surface area contributed by atoms with E-state index >= 15 is 0 Å². The van der Waals surface area contributed by atoms with Crippen LogP contribution < -0.4 is 15.6 Å². The third-order valence-corrected chi connectivity index (χ3v) is 7.43. The number of hydrogen-bond acceptors (Lipinski definition) is 6. The molecule has 3 aromatic rings. The lowest BCUT2D eigenvalue weighted by atomic mass is 10.1. The first kappa shape index (κ1) is 25.1. The fraction of sp³-hybridized carbons (Fsp3) is 0.292. The van der Waals surface area contributed by atoms with Crippen molar-refractivity contribution >= 4 is 15.9 Å². The molecule has 1 amide bonds. The zero-order chi connectivity index (χ0) is 24.7. The minimum absolute atomic E-state index is 0.141. The molecule has 0 fully saturated rings. The van der Waals surface area contributed by atoms with Crippen molar-refractivity contribution in [2.75, 3.05) is 26.7 Å². The average Bonchev–Trinajstić information content (AvgIpc) is 2.85. The number of ether oxygens (including phenoxy) is 1. The number of benzene rings is 2. The molecular formula is C24H28N4O5S. The van der Waals surface area contributed by atoms with Crippen LogP contribution in [0, 0.1) is 0 Å². The molecule has 0 aliphatic rings. The number of aromatic nitrogens is 2. The van der Waals surface area contributed by atoms with Crippen molar-refractivity contribution in [1.82, 2.24) is 19.2 Å². The highest BCUT2D eigenvalue weighted by atomic mass is 32.2. The lowest BCUT2D eigenvalue weighted by Gasteiger charge is -2.18. The van der Waals surface area contributed by atoms with Crippen LogP contribution in [0.4, 0.5) is 0 Å². The minimum atomic E-state index is -3.58. The number of methoxy groups -OCH3 is 1. The number of rotatable bonds is 10. The Morgan fingerprint density at radius 3 is 2.26 bits per heavy atom. The maximum atomic E-state index is 12.6. The summed E-state index contributed by atoms with van der Waals surface area (Å²) in [5, 5.41) is 2.74. The second kappa shape index (κ2) is 11.1. The number of amides is 1. The van der Waals surface area contributed by atoms with E-state index in [9.17, 15) is 18.0 Å². The van der Waals surface area contributed by atoms with Gasteiger partial charge in [-0.15, -0.1) is 0 Å². The molecule has 2 aromatic carbocycles. The van der Waals surface area contributed by atoms with Crippen molar-refractivity contribution < 1.29 is 17.9 Å². The number of carbonyl (C=O) groups is 1. The van der Waals surface area contributed by atoms with E-state index in [1.165, 1.54) is 45.5 Å². The van der Waals surface area contributed by atoms with Crippen LogP contribution in [0.5, 0.6) is 5.75 Å². The summed E-state index contributed by atoms with van der Waals surface area (Å²) in [6.45, 7) is 4.75. The van der Waals surface area contributed by atoms with Gasteiger partial charge in [0.1, 0.15) is 5.75 Å². The van der Waals surface area contributed by atoms with Crippen molar-refractivity contribution in [2.24, 2.45) is 0 Å². The van der Waals surface area contributed by atoms with Gasteiger partial charge in [-0.25, -0.2) is 13.4 Å². The highest BCUT2D eigenvalue weighted by molar-refractivity contribution is 7.89. The molecule has 0 aliphatic heterocycles. The van der Waals surface area contributed by atoms with Gasteiger partial charge in [0.2, 0.25) is 10.0 Å². The molecule has 0 spiro atoms. The number of nitrogens with zero attached hydrogens (tertiary/aromatic N) is 3. The molecule has 0 saturated carbocycles. The molecule has 0 unspecified atom stereocenters. The molecule has 1 N–H and O–H groups in total. The van der Waals surface area contributed by atoms with Gasteiger partial charge in [-0.05, 0) is 48.5 Å². The van der Waals surface area contributed by atoms with Crippen LogP contribution >= 0.6 is 0 Å². The summed E-state index contributed by atoms with van der Waals surface area (Å²) in [4.78, 5) is 29.3. The lowest BCUT2D eigenvalue weighted by molar-refractivity contribution is 0.0952. The summed E-state index contributed by atoms with van der Waals surface area (Å²) in [7, 11) is -1.99. The Morgan fingerprint density at radius 2 is 1.71 bits per heavy atom.